The Kier molecular flexibility index (Phi) is 5.22. The molecule has 0 aliphatic heterocycles. The molecular formula is C11H21N3S. The van der Waals surface area contributed by atoms with Gasteiger partial charge in [-0.1, -0.05) is 6.92 Å². The first kappa shape index (κ1) is 12.6. The van der Waals surface area contributed by atoms with Crippen LogP contribution in [-0.2, 0) is 6.54 Å². The standard InChI is InChI=1S/C11H21N3S/c1-5-12-6-9(2)14(4)7-11-10(3)13-8-15-11/h8-9,12H,5-7H2,1-4H3. The summed E-state index contributed by atoms with van der Waals surface area (Å²) < 4.78 is 0. The van der Waals surface area contributed by atoms with Crippen LogP contribution in [-0.4, -0.2) is 36.1 Å². The van der Waals surface area contributed by atoms with E-state index in [4.69, 9.17) is 0 Å². The molecule has 0 fully saturated rings. The van der Waals surface area contributed by atoms with Crippen LogP contribution in [0.2, 0.25) is 0 Å². The molecule has 0 bridgehead atoms. The van der Waals surface area contributed by atoms with Gasteiger partial charge in [-0.25, -0.2) is 4.98 Å². The highest BCUT2D eigenvalue weighted by atomic mass is 32.1. The van der Waals surface area contributed by atoms with Crippen molar-refractivity contribution in [2.24, 2.45) is 0 Å². The van der Waals surface area contributed by atoms with Crippen LogP contribution in [0.3, 0.4) is 0 Å². The number of thiazole rings is 1. The summed E-state index contributed by atoms with van der Waals surface area (Å²) in [7, 11) is 2.17. The van der Waals surface area contributed by atoms with Gasteiger partial charge >= 0.3 is 0 Å². The van der Waals surface area contributed by atoms with E-state index in [2.05, 4.69) is 43.0 Å². The SMILES string of the molecule is CCNCC(C)N(C)Cc1scnc1C. The van der Waals surface area contributed by atoms with E-state index < -0.39 is 0 Å². The molecular weight excluding hydrogens is 206 g/mol. The van der Waals surface area contributed by atoms with Gasteiger partial charge in [0.2, 0.25) is 0 Å². The Labute approximate surface area is 96.5 Å². The number of nitrogens with zero attached hydrogens (tertiary/aromatic N) is 2. The van der Waals surface area contributed by atoms with Gasteiger partial charge in [0.1, 0.15) is 0 Å². The molecule has 0 aliphatic rings. The van der Waals surface area contributed by atoms with Crippen molar-refractivity contribution in [2.45, 2.75) is 33.4 Å². The van der Waals surface area contributed by atoms with Crippen molar-refractivity contribution in [3.8, 4) is 0 Å². The van der Waals surface area contributed by atoms with Crippen LogP contribution in [0.25, 0.3) is 0 Å². The summed E-state index contributed by atoms with van der Waals surface area (Å²) in [5.74, 6) is 0. The number of hydrogen-bond acceptors (Lipinski definition) is 4. The zero-order valence-electron chi connectivity index (χ0n) is 10.1. The fraction of sp³-hybridized carbons (Fsp3) is 0.727. The fourth-order valence-electron chi connectivity index (χ4n) is 1.37. The third kappa shape index (κ3) is 3.89. The quantitative estimate of drug-likeness (QED) is 0.804. The van der Waals surface area contributed by atoms with Gasteiger partial charge in [0.15, 0.2) is 0 Å². The molecule has 1 unspecified atom stereocenters. The van der Waals surface area contributed by atoms with E-state index in [-0.39, 0.29) is 0 Å². The van der Waals surface area contributed by atoms with Gasteiger partial charge < -0.3 is 5.32 Å². The van der Waals surface area contributed by atoms with E-state index in [1.165, 1.54) is 10.6 Å². The molecule has 1 N–H and O–H groups in total. The van der Waals surface area contributed by atoms with E-state index in [1.807, 2.05) is 5.51 Å². The van der Waals surface area contributed by atoms with Crippen LogP contribution in [0.1, 0.15) is 24.4 Å². The average molecular weight is 227 g/mol. The number of likely N-dealkylation sites (N-methyl/N-ethyl adjacent to an activating group) is 2. The van der Waals surface area contributed by atoms with Crippen LogP contribution in [0.15, 0.2) is 5.51 Å². The van der Waals surface area contributed by atoms with Crippen LogP contribution < -0.4 is 5.32 Å². The van der Waals surface area contributed by atoms with Gasteiger partial charge in [0, 0.05) is 24.0 Å². The molecule has 1 aromatic heterocycles. The maximum atomic E-state index is 4.27. The second-order valence-electron chi connectivity index (χ2n) is 3.93. The second-order valence-corrected chi connectivity index (χ2v) is 4.87. The lowest BCUT2D eigenvalue weighted by atomic mass is 10.2. The number of nitrogens with one attached hydrogen (secondary N) is 1. The second kappa shape index (κ2) is 6.20. The molecule has 0 saturated carbocycles. The third-order valence-corrected chi connectivity index (χ3v) is 3.60. The largest absolute Gasteiger partial charge is 0.315 e. The summed E-state index contributed by atoms with van der Waals surface area (Å²) in [6.45, 7) is 9.55. The highest BCUT2D eigenvalue weighted by molar-refractivity contribution is 7.09. The summed E-state index contributed by atoms with van der Waals surface area (Å²) in [4.78, 5) is 8.01. The minimum Gasteiger partial charge on any atom is -0.315 e. The van der Waals surface area contributed by atoms with Crippen molar-refractivity contribution in [1.82, 2.24) is 15.2 Å². The third-order valence-electron chi connectivity index (χ3n) is 2.68. The first-order valence-electron chi connectivity index (χ1n) is 5.45. The Bertz CT molecular complexity index is 285. The zero-order valence-corrected chi connectivity index (χ0v) is 10.9. The minimum atomic E-state index is 0.562. The molecule has 0 amide bonds. The molecule has 15 heavy (non-hydrogen) atoms. The molecule has 0 spiro atoms. The first-order chi connectivity index (χ1) is 7.15. The van der Waals surface area contributed by atoms with Gasteiger partial charge in [-0.15, -0.1) is 11.3 Å². The van der Waals surface area contributed by atoms with E-state index in [1.54, 1.807) is 11.3 Å². The maximum absolute atomic E-state index is 4.27. The lowest BCUT2D eigenvalue weighted by Crippen LogP contribution is -2.37. The Hall–Kier alpha value is -0.450. The molecule has 0 aliphatic carbocycles. The van der Waals surface area contributed by atoms with E-state index >= 15 is 0 Å². The Morgan fingerprint density at radius 1 is 1.60 bits per heavy atom. The number of rotatable bonds is 6. The molecule has 0 radical (unpaired) electrons. The van der Waals surface area contributed by atoms with Crippen molar-refractivity contribution in [3.63, 3.8) is 0 Å². The molecule has 1 rings (SSSR count). The number of hydrogen-bond donors (Lipinski definition) is 1. The molecule has 0 aromatic carbocycles. The van der Waals surface area contributed by atoms with Crippen LogP contribution in [0.4, 0.5) is 0 Å². The highest BCUT2D eigenvalue weighted by Gasteiger charge is 2.11. The summed E-state index contributed by atoms with van der Waals surface area (Å²) in [5.41, 5.74) is 3.09. The van der Waals surface area contributed by atoms with Crippen molar-refractivity contribution in [1.29, 1.82) is 0 Å². The summed E-state index contributed by atoms with van der Waals surface area (Å²) >= 11 is 1.75. The van der Waals surface area contributed by atoms with Gasteiger partial charge in [0.05, 0.1) is 11.2 Å². The van der Waals surface area contributed by atoms with Crippen LogP contribution in [0.5, 0.6) is 0 Å². The summed E-state index contributed by atoms with van der Waals surface area (Å²) in [5, 5.41) is 3.37. The van der Waals surface area contributed by atoms with Gasteiger partial charge in [-0.05, 0) is 27.4 Å². The van der Waals surface area contributed by atoms with Crippen molar-refractivity contribution >= 4 is 11.3 Å². The molecule has 86 valence electrons. The fourth-order valence-corrected chi connectivity index (χ4v) is 2.21. The number of aryl methyl sites for hydroxylation is 1. The van der Waals surface area contributed by atoms with Gasteiger partial charge in [-0.3, -0.25) is 4.90 Å². The molecule has 1 atom stereocenters. The molecule has 4 heteroatoms. The topological polar surface area (TPSA) is 28.2 Å². The number of aromatic nitrogens is 1. The van der Waals surface area contributed by atoms with Crippen LogP contribution in [0, 0.1) is 6.92 Å². The highest BCUT2D eigenvalue weighted by Crippen LogP contribution is 2.15. The maximum Gasteiger partial charge on any atom is 0.0798 e. The smallest absolute Gasteiger partial charge is 0.0798 e. The molecule has 1 aromatic rings. The zero-order chi connectivity index (χ0) is 11.3. The predicted molar refractivity (Wildman–Crippen MR) is 66.3 cm³/mol. The lowest BCUT2D eigenvalue weighted by Gasteiger charge is -2.24. The molecule has 0 saturated heterocycles. The van der Waals surface area contributed by atoms with Gasteiger partial charge in [0.25, 0.3) is 0 Å². The molecule has 3 nitrogen and oxygen atoms in total. The van der Waals surface area contributed by atoms with E-state index in [0.717, 1.165) is 19.6 Å². The average Bonchev–Trinajstić information content (AvgIpc) is 2.61. The van der Waals surface area contributed by atoms with Crippen molar-refractivity contribution in [3.05, 3.63) is 16.1 Å². The molecule has 1 heterocycles. The van der Waals surface area contributed by atoms with Crippen molar-refractivity contribution in [2.75, 3.05) is 20.1 Å². The predicted octanol–water partition coefficient (Wildman–Crippen LogP) is 1.88. The van der Waals surface area contributed by atoms with Crippen LogP contribution >= 0.6 is 11.3 Å². The van der Waals surface area contributed by atoms with Crippen molar-refractivity contribution < 1.29 is 0 Å². The van der Waals surface area contributed by atoms with E-state index in [9.17, 15) is 0 Å². The minimum absolute atomic E-state index is 0.562. The Morgan fingerprint density at radius 2 is 2.33 bits per heavy atom. The normalized spacial score (nSPS) is 13.4. The lowest BCUT2D eigenvalue weighted by molar-refractivity contribution is 0.245. The van der Waals surface area contributed by atoms with Gasteiger partial charge in [-0.2, -0.15) is 0 Å². The summed E-state index contributed by atoms with van der Waals surface area (Å²) in [6.07, 6.45) is 0. The Balaban J connectivity index is 2.41. The Morgan fingerprint density at radius 3 is 2.87 bits per heavy atom. The summed E-state index contributed by atoms with van der Waals surface area (Å²) in [6, 6.07) is 0.562. The monoisotopic (exact) mass is 227 g/mol. The van der Waals surface area contributed by atoms with E-state index in [0.29, 0.717) is 6.04 Å². The first-order valence-corrected chi connectivity index (χ1v) is 6.33.